The monoisotopic (exact) mass is 336 g/mol. The molecule has 0 unspecified atom stereocenters. The van der Waals surface area contributed by atoms with Crippen molar-refractivity contribution in [1.82, 2.24) is 19.2 Å². The summed E-state index contributed by atoms with van der Waals surface area (Å²) in [5.74, 6) is -0.332. The lowest BCUT2D eigenvalue weighted by Crippen LogP contribution is -2.41. The highest BCUT2D eigenvalue weighted by Gasteiger charge is 2.30. The summed E-state index contributed by atoms with van der Waals surface area (Å²) >= 11 is 5.95. The van der Waals surface area contributed by atoms with Gasteiger partial charge in [0.1, 0.15) is 5.15 Å². The van der Waals surface area contributed by atoms with Crippen LogP contribution in [0, 0.1) is 0 Å². The fourth-order valence-corrected chi connectivity index (χ4v) is 3.58. The van der Waals surface area contributed by atoms with Gasteiger partial charge in [-0.2, -0.15) is 4.31 Å². The van der Waals surface area contributed by atoms with Crippen LogP contribution in [0.15, 0.2) is 11.4 Å². The van der Waals surface area contributed by atoms with Gasteiger partial charge in [-0.3, -0.25) is 4.79 Å². The van der Waals surface area contributed by atoms with Crippen molar-refractivity contribution in [2.24, 2.45) is 7.05 Å². The maximum absolute atomic E-state index is 12.6. The van der Waals surface area contributed by atoms with Crippen LogP contribution in [0.4, 0.5) is 0 Å². The third kappa shape index (κ3) is 4.42. The van der Waals surface area contributed by atoms with Crippen LogP contribution in [0.5, 0.6) is 0 Å². The molecule has 7 nitrogen and oxygen atoms in total. The molecular formula is C12H21ClN4O3S. The Morgan fingerprint density at radius 1 is 1.43 bits per heavy atom. The molecule has 120 valence electrons. The van der Waals surface area contributed by atoms with Crippen molar-refractivity contribution in [3.05, 3.63) is 11.5 Å². The predicted molar refractivity (Wildman–Crippen MR) is 80.6 cm³/mol. The Bertz CT molecular complexity index is 585. The van der Waals surface area contributed by atoms with Gasteiger partial charge >= 0.3 is 0 Å². The van der Waals surface area contributed by atoms with Crippen molar-refractivity contribution < 1.29 is 13.2 Å². The number of nitrogens with zero attached hydrogens (tertiary/aromatic N) is 3. The van der Waals surface area contributed by atoms with Crippen molar-refractivity contribution in [2.75, 3.05) is 19.6 Å². The molecule has 0 fully saturated rings. The van der Waals surface area contributed by atoms with E-state index in [0.29, 0.717) is 13.0 Å². The number of hydrogen-bond donors (Lipinski definition) is 1. The summed E-state index contributed by atoms with van der Waals surface area (Å²) in [7, 11) is -2.28. The molecule has 0 atom stereocenters. The van der Waals surface area contributed by atoms with Crippen molar-refractivity contribution in [3.63, 3.8) is 0 Å². The zero-order valence-electron chi connectivity index (χ0n) is 12.5. The van der Waals surface area contributed by atoms with Crippen LogP contribution in [0.2, 0.25) is 5.15 Å². The minimum Gasteiger partial charge on any atom is -0.355 e. The number of amides is 1. The molecule has 1 N–H and O–H groups in total. The standard InChI is InChI=1S/C12H21ClN4O3S/c1-4-6-14-10(18)8-17(7-5-2)21(19,20)12-11(13)16(3)9-15-12/h9H,4-8H2,1-3H3,(H,14,18). The smallest absolute Gasteiger partial charge is 0.264 e. The van der Waals surface area contributed by atoms with E-state index < -0.39 is 10.0 Å². The summed E-state index contributed by atoms with van der Waals surface area (Å²) in [6.07, 6.45) is 2.71. The minimum absolute atomic E-state index is 0.0325. The lowest BCUT2D eigenvalue weighted by atomic mass is 10.4. The molecule has 21 heavy (non-hydrogen) atoms. The number of rotatable bonds is 8. The molecule has 0 aliphatic heterocycles. The minimum atomic E-state index is -3.88. The van der Waals surface area contributed by atoms with E-state index in [1.54, 1.807) is 7.05 Å². The van der Waals surface area contributed by atoms with Gasteiger partial charge in [0, 0.05) is 20.1 Å². The van der Waals surface area contributed by atoms with E-state index in [4.69, 9.17) is 11.6 Å². The zero-order chi connectivity index (χ0) is 16.0. The molecule has 1 aromatic heterocycles. The predicted octanol–water partition coefficient (Wildman–Crippen LogP) is 1.00. The number of aryl methyl sites for hydroxylation is 1. The molecule has 0 radical (unpaired) electrons. The Balaban J connectivity index is 2.98. The molecule has 0 aromatic carbocycles. The molecular weight excluding hydrogens is 316 g/mol. The summed E-state index contributed by atoms with van der Waals surface area (Å²) < 4.78 is 27.6. The van der Waals surface area contributed by atoms with Crippen LogP contribution in [-0.4, -0.2) is 47.8 Å². The van der Waals surface area contributed by atoms with Crippen LogP contribution in [-0.2, 0) is 21.9 Å². The fourth-order valence-electron chi connectivity index (χ4n) is 1.70. The second kappa shape index (κ2) is 7.77. The van der Waals surface area contributed by atoms with E-state index in [9.17, 15) is 13.2 Å². The number of halogens is 1. The van der Waals surface area contributed by atoms with E-state index >= 15 is 0 Å². The molecule has 0 spiro atoms. The molecule has 1 rings (SSSR count). The molecule has 1 amide bonds. The first kappa shape index (κ1) is 17.9. The number of aromatic nitrogens is 2. The molecule has 0 saturated carbocycles. The van der Waals surface area contributed by atoms with E-state index in [2.05, 4.69) is 10.3 Å². The van der Waals surface area contributed by atoms with Gasteiger partial charge in [-0.25, -0.2) is 13.4 Å². The second-order valence-corrected chi connectivity index (χ2v) is 6.85. The molecule has 0 bridgehead atoms. The first-order valence-electron chi connectivity index (χ1n) is 6.78. The fraction of sp³-hybridized carbons (Fsp3) is 0.667. The van der Waals surface area contributed by atoms with Gasteiger partial charge in [-0.1, -0.05) is 25.4 Å². The van der Waals surface area contributed by atoms with Crippen LogP contribution in [0.1, 0.15) is 26.7 Å². The van der Waals surface area contributed by atoms with Crippen molar-refractivity contribution in [1.29, 1.82) is 0 Å². The van der Waals surface area contributed by atoms with Gasteiger partial charge in [0.2, 0.25) is 10.9 Å². The largest absolute Gasteiger partial charge is 0.355 e. The summed E-state index contributed by atoms with van der Waals surface area (Å²) in [6.45, 7) is 4.28. The Labute approximate surface area is 130 Å². The molecule has 0 aliphatic rings. The maximum atomic E-state index is 12.6. The SMILES string of the molecule is CCCNC(=O)CN(CCC)S(=O)(=O)c1ncn(C)c1Cl. The number of imidazole rings is 1. The molecule has 9 heteroatoms. The van der Waals surface area contributed by atoms with E-state index in [-0.39, 0.29) is 29.2 Å². The van der Waals surface area contributed by atoms with Crippen molar-refractivity contribution >= 4 is 27.5 Å². The number of sulfonamides is 1. The second-order valence-electron chi connectivity index (χ2n) is 4.64. The number of carbonyl (C=O) groups excluding carboxylic acids is 1. The van der Waals surface area contributed by atoms with Gasteiger partial charge < -0.3 is 9.88 Å². The summed E-state index contributed by atoms with van der Waals surface area (Å²) in [4.78, 5) is 15.6. The average molecular weight is 337 g/mol. The third-order valence-electron chi connectivity index (χ3n) is 2.78. The highest BCUT2D eigenvalue weighted by molar-refractivity contribution is 7.89. The topological polar surface area (TPSA) is 84.3 Å². The molecule has 0 aliphatic carbocycles. The van der Waals surface area contributed by atoms with Crippen LogP contribution < -0.4 is 5.32 Å². The first-order chi connectivity index (χ1) is 9.84. The lowest BCUT2D eigenvalue weighted by molar-refractivity contribution is -0.121. The molecule has 1 aromatic rings. The van der Waals surface area contributed by atoms with E-state index in [1.165, 1.54) is 10.9 Å². The van der Waals surface area contributed by atoms with Gasteiger partial charge in [0.25, 0.3) is 10.0 Å². The zero-order valence-corrected chi connectivity index (χ0v) is 14.0. The van der Waals surface area contributed by atoms with Crippen LogP contribution in [0.3, 0.4) is 0 Å². The molecule has 0 saturated heterocycles. The number of carbonyl (C=O) groups is 1. The highest BCUT2D eigenvalue weighted by Crippen LogP contribution is 2.22. The van der Waals surface area contributed by atoms with Gasteiger partial charge in [0.05, 0.1) is 12.9 Å². The first-order valence-corrected chi connectivity index (χ1v) is 8.60. The summed E-state index contributed by atoms with van der Waals surface area (Å²) in [6, 6.07) is 0. The highest BCUT2D eigenvalue weighted by atomic mass is 35.5. The van der Waals surface area contributed by atoms with Gasteiger partial charge in [-0.15, -0.1) is 0 Å². The Morgan fingerprint density at radius 3 is 2.57 bits per heavy atom. The number of hydrogen-bond acceptors (Lipinski definition) is 4. The lowest BCUT2D eigenvalue weighted by Gasteiger charge is -2.20. The van der Waals surface area contributed by atoms with E-state index in [0.717, 1.165) is 10.7 Å². The molecule has 1 heterocycles. The van der Waals surface area contributed by atoms with Crippen LogP contribution in [0.25, 0.3) is 0 Å². The Hall–Kier alpha value is -1.12. The van der Waals surface area contributed by atoms with Gasteiger partial charge in [0.15, 0.2) is 0 Å². The Morgan fingerprint density at radius 2 is 2.10 bits per heavy atom. The quantitative estimate of drug-likeness (QED) is 0.767. The van der Waals surface area contributed by atoms with Crippen LogP contribution >= 0.6 is 11.6 Å². The third-order valence-corrected chi connectivity index (χ3v) is 5.12. The van der Waals surface area contributed by atoms with Gasteiger partial charge in [-0.05, 0) is 12.8 Å². The van der Waals surface area contributed by atoms with Crippen molar-refractivity contribution in [2.45, 2.75) is 31.7 Å². The summed E-state index contributed by atoms with van der Waals surface area (Å²) in [5, 5.41) is 2.47. The van der Waals surface area contributed by atoms with Crippen molar-refractivity contribution in [3.8, 4) is 0 Å². The normalized spacial score (nSPS) is 11.9. The maximum Gasteiger partial charge on any atom is 0.264 e. The van der Waals surface area contributed by atoms with E-state index in [1.807, 2.05) is 13.8 Å². The Kier molecular flexibility index (Phi) is 6.63. The summed E-state index contributed by atoms with van der Waals surface area (Å²) in [5.41, 5.74) is 0. The average Bonchev–Trinajstić information content (AvgIpc) is 2.76. The number of nitrogens with one attached hydrogen (secondary N) is 1.